The summed E-state index contributed by atoms with van der Waals surface area (Å²) in [7, 11) is 1.39. The number of aryl methyl sites for hydroxylation is 1. The van der Waals surface area contributed by atoms with Crippen molar-refractivity contribution in [3.63, 3.8) is 0 Å². The molecule has 0 bridgehead atoms. The molecule has 3 aromatic heterocycles. The Morgan fingerprint density at radius 3 is 2.81 bits per heavy atom. The molecule has 1 saturated carbocycles. The molecule has 1 aliphatic carbocycles. The number of rotatable bonds is 4. The quantitative estimate of drug-likeness (QED) is 0.701. The minimum Gasteiger partial charge on any atom is -0.465 e. The van der Waals surface area contributed by atoms with Gasteiger partial charge in [-0.1, -0.05) is 19.3 Å². The number of aromatic amines is 1. The lowest BCUT2D eigenvalue weighted by molar-refractivity contribution is 0.0600. The zero-order chi connectivity index (χ0) is 18.1. The third-order valence-electron chi connectivity index (χ3n) is 4.94. The molecule has 7 nitrogen and oxygen atoms in total. The Morgan fingerprint density at radius 2 is 2.12 bits per heavy atom. The maximum Gasteiger partial charge on any atom is 0.339 e. The van der Waals surface area contributed by atoms with E-state index in [2.05, 4.69) is 15.3 Å². The third kappa shape index (κ3) is 3.05. The second kappa shape index (κ2) is 6.82. The Labute approximate surface area is 151 Å². The van der Waals surface area contributed by atoms with E-state index >= 15 is 0 Å². The van der Waals surface area contributed by atoms with Crippen molar-refractivity contribution >= 4 is 17.4 Å². The van der Waals surface area contributed by atoms with Gasteiger partial charge in [0, 0.05) is 12.2 Å². The highest BCUT2D eigenvalue weighted by atomic mass is 16.5. The van der Waals surface area contributed by atoms with Crippen LogP contribution < -0.4 is 5.32 Å². The van der Waals surface area contributed by atoms with E-state index in [1.165, 1.54) is 26.4 Å². The highest BCUT2D eigenvalue weighted by Gasteiger charge is 2.21. The van der Waals surface area contributed by atoms with Gasteiger partial charge in [-0.05, 0) is 31.9 Å². The number of esters is 1. The Bertz CT molecular complexity index is 937. The van der Waals surface area contributed by atoms with Gasteiger partial charge in [0.1, 0.15) is 23.0 Å². The predicted octanol–water partition coefficient (Wildman–Crippen LogP) is 3.56. The molecule has 0 aromatic carbocycles. The van der Waals surface area contributed by atoms with Crippen LogP contribution in [0.25, 0.3) is 17.0 Å². The highest BCUT2D eigenvalue weighted by Crippen LogP contribution is 2.31. The number of pyridine rings is 1. The molecule has 0 atom stereocenters. The van der Waals surface area contributed by atoms with E-state index in [9.17, 15) is 4.79 Å². The molecule has 26 heavy (non-hydrogen) atoms. The Hall–Kier alpha value is -2.83. The van der Waals surface area contributed by atoms with E-state index in [4.69, 9.17) is 9.72 Å². The smallest absolute Gasteiger partial charge is 0.339 e. The second-order valence-electron chi connectivity index (χ2n) is 6.81. The van der Waals surface area contributed by atoms with E-state index in [1.54, 1.807) is 18.5 Å². The van der Waals surface area contributed by atoms with E-state index in [1.807, 2.05) is 17.4 Å². The van der Waals surface area contributed by atoms with Crippen molar-refractivity contribution in [2.24, 2.45) is 0 Å². The van der Waals surface area contributed by atoms with Crippen molar-refractivity contribution in [1.82, 2.24) is 19.4 Å². The van der Waals surface area contributed by atoms with Gasteiger partial charge >= 0.3 is 5.97 Å². The van der Waals surface area contributed by atoms with E-state index < -0.39 is 0 Å². The zero-order valence-electron chi connectivity index (χ0n) is 15.1. The second-order valence-corrected chi connectivity index (χ2v) is 6.81. The first kappa shape index (κ1) is 16.6. The molecule has 0 saturated heterocycles. The van der Waals surface area contributed by atoms with Gasteiger partial charge in [-0.3, -0.25) is 4.40 Å². The normalized spacial score (nSPS) is 15.3. The number of ether oxygens (including phenoxy) is 1. The predicted molar refractivity (Wildman–Crippen MR) is 99.3 cm³/mol. The maximum atomic E-state index is 11.9. The van der Waals surface area contributed by atoms with Crippen LogP contribution in [0.5, 0.6) is 0 Å². The molecule has 1 aliphatic rings. The standard InChI is InChI=1S/C19H23N5O2/c1-12-20-10-15(21-12)17-18(22-14-6-4-3-5-7-14)24-11-13(19(25)26-2)8-9-16(24)23-17/h8-11,14,22H,3-7H2,1-2H3,(H,20,21). The summed E-state index contributed by atoms with van der Waals surface area (Å²) in [4.78, 5) is 24.3. The number of H-pyrrole nitrogens is 1. The number of nitrogens with one attached hydrogen (secondary N) is 2. The zero-order valence-corrected chi connectivity index (χ0v) is 15.1. The molecular formula is C19H23N5O2. The van der Waals surface area contributed by atoms with Crippen LogP contribution in [0.1, 0.15) is 48.3 Å². The summed E-state index contributed by atoms with van der Waals surface area (Å²) in [6.45, 7) is 1.92. The number of fused-ring (bicyclic) bond motifs is 1. The summed E-state index contributed by atoms with van der Waals surface area (Å²) in [5.41, 5.74) is 2.96. The lowest BCUT2D eigenvalue weighted by Gasteiger charge is -2.24. The van der Waals surface area contributed by atoms with Gasteiger partial charge in [0.2, 0.25) is 0 Å². The number of carbonyl (C=O) groups is 1. The number of nitrogens with zero attached hydrogens (tertiary/aromatic N) is 3. The fourth-order valence-electron chi connectivity index (χ4n) is 3.59. The number of aromatic nitrogens is 4. The summed E-state index contributed by atoms with van der Waals surface area (Å²) < 4.78 is 6.80. The van der Waals surface area contributed by atoms with Crippen molar-refractivity contribution in [3.05, 3.63) is 35.9 Å². The van der Waals surface area contributed by atoms with Crippen molar-refractivity contribution in [1.29, 1.82) is 0 Å². The molecule has 136 valence electrons. The van der Waals surface area contributed by atoms with Crippen LogP contribution in [-0.4, -0.2) is 38.5 Å². The van der Waals surface area contributed by atoms with Crippen LogP contribution in [-0.2, 0) is 4.74 Å². The minimum absolute atomic E-state index is 0.358. The van der Waals surface area contributed by atoms with Crippen LogP contribution in [0.15, 0.2) is 24.5 Å². The summed E-state index contributed by atoms with van der Waals surface area (Å²) in [5.74, 6) is 1.38. The lowest BCUT2D eigenvalue weighted by Crippen LogP contribution is -2.23. The van der Waals surface area contributed by atoms with Crippen LogP contribution in [0.2, 0.25) is 0 Å². The summed E-state index contributed by atoms with van der Waals surface area (Å²) in [6.07, 6.45) is 9.64. The van der Waals surface area contributed by atoms with Gasteiger partial charge in [0.15, 0.2) is 0 Å². The van der Waals surface area contributed by atoms with Gasteiger partial charge in [0.05, 0.1) is 24.6 Å². The van der Waals surface area contributed by atoms with Crippen LogP contribution >= 0.6 is 0 Å². The van der Waals surface area contributed by atoms with Crippen molar-refractivity contribution in [2.75, 3.05) is 12.4 Å². The molecule has 0 radical (unpaired) electrons. The summed E-state index contributed by atoms with van der Waals surface area (Å²) in [5, 5.41) is 3.66. The fraction of sp³-hybridized carbons (Fsp3) is 0.421. The van der Waals surface area contributed by atoms with Gasteiger partial charge in [-0.2, -0.15) is 0 Å². The molecule has 7 heteroatoms. The molecule has 1 fully saturated rings. The molecule has 3 heterocycles. The highest BCUT2D eigenvalue weighted by molar-refractivity contribution is 5.90. The van der Waals surface area contributed by atoms with Crippen molar-refractivity contribution < 1.29 is 9.53 Å². The average molecular weight is 353 g/mol. The molecule has 0 aliphatic heterocycles. The van der Waals surface area contributed by atoms with Gasteiger partial charge in [-0.15, -0.1) is 0 Å². The third-order valence-corrected chi connectivity index (χ3v) is 4.94. The minimum atomic E-state index is -0.358. The number of methoxy groups -OCH3 is 1. The SMILES string of the molecule is COC(=O)c1ccc2nc(-c3cnc(C)[nH]3)c(NC3CCCCC3)n2c1. The van der Waals surface area contributed by atoms with E-state index in [-0.39, 0.29) is 5.97 Å². The molecule has 0 unspecified atom stereocenters. The first-order valence-electron chi connectivity index (χ1n) is 9.04. The lowest BCUT2D eigenvalue weighted by atomic mass is 9.95. The monoisotopic (exact) mass is 353 g/mol. The van der Waals surface area contributed by atoms with E-state index in [0.29, 0.717) is 11.6 Å². The molecule has 3 aromatic rings. The van der Waals surface area contributed by atoms with Gasteiger partial charge in [-0.25, -0.2) is 14.8 Å². The van der Waals surface area contributed by atoms with Crippen molar-refractivity contribution in [3.8, 4) is 11.4 Å². The first-order chi connectivity index (χ1) is 12.7. The Morgan fingerprint density at radius 1 is 1.31 bits per heavy atom. The largest absolute Gasteiger partial charge is 0.465 e. The Kier molecular flexibility index (Phi) is 4.36. The molecule has 0 amide bonds. The fourth-order valence-corrected chi connectivity index (χ4v) is 3.59. The molecule has 0 spiro atoms. The summed E-state index contributed by atoms with van der Waals surface area (Å²) >= 11 is 0. The number of carbonyl (C=O) groups excluding carboxylic acids is 1. The number of hydrogen-bond acceptors (Lipinski definition) is 5. The molecule has 4 rings (SSSR count). The maximum absolute atomic E-state index is 11.9. The Balaban J connectivity index is 1.82. The number of imidazole rings is 2. The van der Waals surface area contributed by atoms with Crippen LogP contribution in [0.4, 0.5) is 5.82 Å². The number of hydrogen-bond donors (Lipinski definition) is 2. The van der Waals surface area contributed by atoms with Crippen molar-refractivity contribution in [2.45, 2.75) is 45.1 Å². The van der Waals surface area contributed by atoms with Crippen LogP contribution in [0, 0.1) is 6.92 Å². The molecule has 2 N–H and O–H groups in total. The topological polar surface area (TPSA) is 84.3 Å². The first-order valence-corrected chi connectivity index (χ1v) is 9.04. The van der Waals surface area contributed by atoms with Gasteiger partial charge < -0.3 is 15.0 Å². The number of anilines is 1. The average Bonchev–Trinajstić information content (AvgIpc) is 3.25. The van der Waals surface area contributed by atoms with Crippen LogP contribution in [0.3, 0.4) is 0 Å². The molecular weight excluding hydrogens is 330 g/mol. The van der Waals surface area contributed by atoms with E-state index in [0.717, 1.165) is 41.5 Å². The summed E-state index contributed by atoms with van der Waals surface area (Å²) in [6, 6.07) is 3.99. The van der Waals surface area contributed by atoms with Gasteiger partial charge in [0.25, 0.3) is 0 Å².